The molecule has 2 aromatic carbocycles. The summed E-state index contributed by atoms with van der Waals surface area (Å²) in [5.41, 5.74) is 2.16. The maximum atomic E-state index is 13.1. The summed E-state index contributed by atoms with van der Waals surface area (Å²) in [6.07, 6.45) is 1.70. The molecule has 27 heavy (non-hydrogen) atoms. The molecular formula is C19H20N4O3S. The zero-order valence-corrected chi connectivity index (χ0v) is 15.7. The summed E-state index contributed by atoms with van der Waals surface area (Å²) >= 11 is 0. The van der Waals surface area contributed by atoms with Gasteiger partial charge in [-0.3, -0.25) is 4.79 Å². The molecule has 1 saturated heterocycles. The largest absolute Gasteiger partial charge is 0.340 e. The minimum atomic E-state index is -3.60. The van der Waals surface area contributed by atoms with Crippen LogP contribution in [0.15, 0.2) is 53.4 Å². The number of carbonyl (C=O) groups excluding carboxylic acids is 1. The highest BCUT2D eigenvalue weighted by Gasteiger charge is 2.33. The van der Waals surface area contributed by atoms with Gasteiger partial charge in [-0.2, -0.15) is 0 Å². The third-order valence-electron chi connectivity index (χ3n) is 4.90. The first-order chi connectivity index (χ1) is 13.0. The number of H-pyrrole nitrogens is 1. The lowest BCUT2D eigenvalue weighted by Gasteiger charge is -2.23. The Morgan fingerprint density at radius 2 is 2.04 bits per heavy atom. The van der Waals surface area contributed by atoms with Crippen molar-refractivity contribution in [3.63, 3.8) is 0 Å². The van der Waals surface area contributed by atoms with E-state index in [4.69, 9.17) is 0 Å². The second-order valence-electron chi connectivity index (χ2n) is 6.53. The number of nitrogens with zero attached hydrogens (tertiary/aromatic N) is 2. The fourth-order valence-electron chi connectivity index (χ4n) is 3.50. The molecule has 140 valence electrons. The van der Waals surface area contributed by atoms with Crippen molar-refractivity contribution in [1.29, 1.82) is 0 Å². The normalized spacial score (nSPS) is 17.5. The predicted molar refractivity (Wildman–Crippen MR) is 102 cm³/mol. The van der Waals surface area contributed by atoms with Crippen LogP contribution in [0.25, 0.3) is 11.0 Å². The van der Waals surface area contributed by atoms with Crippen LogP contribution in [-0.2, 0) is 10.0 Å². The molecule has 0 aliphatic carbocycles. The smallest absolute Gasteiger partial charge is 0.254 e. The van der Waals surface area contributed by atoms with Crippen LogP contribution in [0.1, 0.15) is 35.1 Å². The molecule has 0 unspecified atom stereocenters. The summed E-state index contributed by atoms with van der Waals surface area (Å²) < 4.78 is 26.3. The van der Waals surface area contributed by atoms with Gasteiger partial charge in [0.1, 0.15) is 5.82 Å². The Hall–Kier alpha value is -2.71. The molecule has 7 nitrogen and oxygen atoms in total. The number of imidazole rings is 1. The van der Waals surface area contributed by atoms with E-state index in [-0.39, 0.29) is 16.8 Å². The second kappa shape index (κ2) is 6.79. The number of para-hydroxylation sites is 2. The lowest BCUT2D eigenvalue weighted by atomic mass is 10.1. The molecule has 1 atom stereocenters. The Morgan fingerprint density at radius 1 is 1.22 bits per heavy atom. The summed E-state index contributed by atoms with van der Waals surface area (Å²) in [5.74, 6) is 0.576. The number of amides is 1. The van der Waals surface area contributed by atoms with Crippen molar-refractivity contribution < 1.29 is 13.2 Å². The zero-order valence-electron chi connectivity index (χ0n) is 14.8. The molecule has 2 N–H and O–H groups in total. The van der Waals surface area contributed by atoms with E-state index >= 15 is 0 Å². The van der Waals surface area contributed by atoms with Crippen LogP contribution >= 0.6 is 0 Å². The molecule has 1 aliphatic rings. The first kappa shape index (κ1) is 17.7. The second-order valence-corrected chi connectivity index (χ2v) is 8.42. The average Bonchev–Trinajstić information content (AvgIpc) is 3.34. The van der Waals surface area contributed by atoms with Crippen molar-refractivity contribution in [3.8, 4) is 0 Å². The van der Waals surface area contributed by atoms with E-state index in [1.807, 2.05) is 24.3 Å². The van der Waals surface area contributed by atoms with Crippen molar-refractivity contribution in [2.24, 2.45) is 0 Å². The first-order valence-corrected chi connectivity index (χ1v) is 10.3. The van der Waals surface area contributed by atoms with Gasteiger partial charge >= 0.3 is 0 Å². The molecule has 8 heteroatoms. The Labute approximate surface area is 157 Å². The molecule has 0 bridgehead atoms. The van der Waals surface area contributed by atoms with E-state index in [2.05, 4.69) is 14.7 Å². The fourth-order valence-corrected chi connectivity index (χ4v) is 4.28. The Morgan fingerprint density at radius 3 is 2.81 bits per heavy atom. The predicted octanol–water partition coefficient (Wildman–Crippen LogP) is 2.45. The molecule has 0 spiro atoms. The van der Waals surface area contributed by atoms with Crippen LogP contribution < -0.4 is 4.72 Å². The molecule has 1 aliphatic heterocycles. The summed E-state index contributed by atoms with van der Waals surface area (Å²) in [6.45, 7) is 0.615. The molecular weight excluding hydrogens is 364 g/mol. The van der Waals surface area contributed by atoms with E-state index in [1.54, 1.807) is 17.0 Å². The Balaban J connectivity index is 1.66. The van der Waals surface area contributed by atoms with Gasteiger partial charge in [-0.1, -0.05) is 18.2 Å². The number of rotatable bonds is 4. The van der Waals surface area contributed by atoms with Crippen molar-refractivity contribution in [2.45, 2.75) is 23.8 Å². The van der Waals surface area contributed by atoms with Gasteiger partial charge in [0.2, 0.25) is 10.0 Å². The molecule has 1 amide bonds. The number of likely N-dealkylation sites (tertiary alicyclic amines) is 1. The lowest BCUT2D eigenvalue weighted by molar-refractivity contribution is 0.0730. The molecule has 0 radical (unpaired) electrons. The molecule has 2 heterocycles. The number of aromatic nitrogens is 2. The lowest BCUT2D eigenvalue weighted by Crippen LogP contribution is -2.31. The third-order valence-corrected chi connectivity index (χ3v) is 6.31. The van der Waals surface area contributed by atoms with Crippen LogP contribution in [0, 0.1) is 0 Å². The SMILES string of the molecule is CNS(=O)(=O)c1cccc(C(=O)N2CCC[C@@H]2c2nc3ccccc3[nH]2)c1. The van der Waals surface area contributed by atoms with E-state index < -0.39 is 10.0 Å². The summed E-state index contributed by atoms with van der Waals surface area (Å²) in [7, 11) is -2.25. The van der Waals surface area contributed by atoms with E-state index in [1.165, 1.54) is 19.2 Å². The van der Waals surface area contributed by atoms with Gasteiger partial charge in [-0.25, -0.2) is 18.1 Å². The number of hydrogen-bond donors (Lipinski definition) is 2. The van der Waals surface area contributed by atoms with Crippen LogP contribution in [0.2, 0.25) is 0 Å². The van der Waals surface area contributed by atoms with Crippen LogP contribution in [0.4, 0.5) is 0 Å². The van der Waals surface area contributed by atoms with Gasteiger partial charge in [0.25, 0.3) is 5.91 Å². The number of nitrogens with one attached hydrogen (secondary N) is 2. The van der Waals surface area contributed by atoms with Gasteiger partial charge in [-0.05, 0) is 50.2 Å². The average molecular weight is 384 g/mol. The number of aromatic amines is 1. The molecule has 1 fully saturated rings. The minimum absolute atomic E-state index is 0.0790. The maximum Gasteiger partial charge on any atom is 0.254 e. The summed E-state index contributed by atoms with van der Waals surface area (Å²) in [4.78, 5) is 22.9. The standard InChI is InChI=1S/C19H20N4O3S/c1-20-27(25,26)14-7-4-6-13(12-14)19(24)23-11-5-10-17(23)18-21-15-8-2-3-9-16(15)22-18/h2-4,6-9,12,17,20H,5,10-11H2,1H3,(H,21,22)/t17-/m1/s1. The first-order valence-electron chi connectivity index (χ1n) is 8.79. The number of carbonyl (C=O) groups is 1. The summed E-state index contributed by atoms with van der Waals surface area (Å²) in [6, 6.07) is 13.7. The topological polar surface area (TPSA) is 95.2 Å². The van der Waals surface area contributed by atoms with Gasteiger partial charge in [0, 0.05) is 12.1 Å². The minimum Gasteiger partial charge on any atom is -0.340 e. The van der Waals surface area contributed by atoms with E-state index in [0.29, 0.717) is 12.1 Å². The number of fused-ring (bicyclic) bond motifs is 1. The van der Waals surface area contributed by atoms with Gasteiger partial charge in [0.05, 0.1) is 22.0 Å². The van der Waals surface area contributed by atoms with Gasteiger partial charge < -0.3 is 9.88 Å². The van der Waals surface area contributed by atoms with E-state index in [0.717, 1.165) is 29.7 Å². The van der Waals surface area contributed by atoms with Crippen LogP contribution in [0.5, 0.6) is 0 Å². The highest BCUT2D eigenvalue weighted by molar-refractivity contribution is 7.89. The van der Waals surface area contributed by atoms with Crippen molar-refractivity contribution in [3.05, 3.63) is 59.9 Å². The Kier molecular flexibility index (Phi) is 4.45. The van der Waals surface area contributed by atoms with Crippen LogP contribution in [0.3, 0.4) is 0 Å². The highest BCUT2D eigenvalue weighted by atomic mass is 32.2. The summed E-state index contributed by atoms with van der Waals surface area (Å²) in [5, 5.41) is 0. The van der Waals surface area contributed by atoms with Crippen molar-refractivity contribution >= 4 is 27.0 Å². The van der Waals surface area contributed by atoms with Crippen molar-refractivity contribution in [2.75, 3.05) is 13.6 Å². The third kappa shape index (κ3) is 3.22. The van der Waals surface area contributed by atoms with E-state index in [9.17, 15) is 13.2 Å². The molecule has 4 rings (SSSR count). The van der Waals surface area contributed by atoms with Gasteiger partial charge in [0.15, 0.2) is 0 Å². The number of hydrogen-bond acceptors (Lipinski definition) is 4. The fraction of sp³-hybridized carbons (Fsp3) is 0.263. The molecule has 3 aromatic rings. The number of sulfonamides is 1. The molecule has 1 aromatic heterocycles. The zero-order chi connectivity index (χ0) is 19.0. The van der Waals surface area contributed by atoms with Crippen LogP contribution in [-0.4, -0.2) is 42.8 Å². The highest BCUT2D eigenvalue weighted by Crippen LogP contribution is 2.32. The Bertz CT molecular complexity index is 1070. The quantitative estimate of drug-likeness (QED) is 0.722. The monoisotopic (exact) mass is 384 g/mol. The van der Waals surface area contributed by atoms with Gasteiger partial charge in [-0.15, -0.1) is 0 Å². The number of benzene rings is 2. The van der Waals surface area contributed by atoms with Crippen molar-refractivity contribution in [1.82, 2.24) is 19.6 Å². The maximum absolute atomic E-state index is 13.1. The molecule has 0 saturated carbocycles.